The summed E-state index contributed by atoms with van der Waals surface area (Å²) >= 11 is 3.08. The molecule has 0 atom stereocenters. The molecule has 2 amide bonds. The van der Waals surface area contributed by atoms with E-state index in [2.05, 4.69) is 28.5 Å². The highest BCUT2D eigenvalue weighted by atomic mass is 127. The number of thioether (sulfide) groups is 1. The summed E-state index contributed by atoms with van der Waals surface area (Å²) < 4.78 is 12.1. The van der Waals surface area contributed by atoms with Gasteiger partial charge in [-0.3, -0.25) is 14.5 Å². The molecule has 3 aromatic carbocycles. The number of terminal acetylenes is 1. The zero-order valence-electron chi connectivity index (χ0n) is 17.8. The van der Waals surface area contributed by atoms with Gasteiger partial charge in [-0.25, -0.2) is 0 Å². The van der Waals surface area contributed by atoms with Crippen LogP contribution in [-0.2, 0) is 11.3 Å². The van der Waals surface area contributed by atoms with E-state index in [0.717, 1.165) is 37.2 Å². The van der Waals surface area contributed by atoms with Crippen molar-refractivity contribution >= 4 is 62.3 Å². The molecular weight excluding hydrogens is 549 g/mol. The highest BCUT2D eigenvalue weighted by Crippen LogP contribution is 2.38. The van der Waals surface area contributed by atoms with Crippen molar-refractivity contribution in [3.8, 4) is 23.8 Å². The molecule has 1 saturated heterocycles. The van der Waals surface area contributed by atoms with Crippen LogP contribution >= 0.6 is 34.4 Å². The molecule has 0 unspecified atom stereocenters. The summed E-state index contributed by atoms with van der Waals surface area (Å²) in [5.41, 5.74) is 1.67. The minimum absolute atomic E-state index is 0.127. The topological polar surface area (TPSA) is 55.8 Å². The molecule has 0 aliphatic carbocycles. The molecule has 4 rings (SSSR count). The number of carbonyl (C=O) groups excluding carboxylic acids is 2. The average Bonchev–Trinajstić information content (AvgIpc) is 3.06. The quantitative estimate of drug-likeness (QED) is 0.196. The van der Waals surface area contributed by atoms with E-state index in [1.54, 1.807) is 12.1 Å². The number of ether oxygens (including phenoxy) is 2. The molecule has 1 aliphatic heterocycles. The van der Waals surface area contributed by atoms with Gasteiger partial charge in [0.1, 0.15) is 6.61 Å². The number of halogens is 1. The van der Waals surface area contributed by atoms with Crippen LogP contribution in [0, 0.1) is 15.9 Å². The third kappa shape index (κ3) is 5.02. The summed E-state index contributed by atoms with van der Waals surface area (Å²) in [5, 5.41) is 1.82. The van der Waals surface area contributed by atoms with Crippen LogP contribution in [0.1, 0.15) is 18.1 Å². The zero-order chi connectivity index (χ0) is 23.4. The van der Waals surface area contributed by atoms with Gasteiger partial charge in [0.05, 0.1) is 21.6 Å². The normalized spacial score (nSPS) is 14.7. The molecule has 33 heavy (non-hydrogen) atoms. The second-order valence-corrected chi connectivity index (χ2v) is 9.32. The lowest BCUT2D eigenvalue weighted by molar-refractivity contribution is -0.123. The number of amides is 2. The Morgan fingerprint density at radius 1 is 1.12 bits per heavy atom. The molecule has 0 N–H and O–H groups in total. The highest BCUT2D eigenvalue weighted by Gasteiger charge is 2.35. The molecule has 1 fully saturated rings. The Balaban J connectivity index is 1.62. The first kappa shape index (κ1) is 23.2. The van der Waals surface area contributed by atoms with Gasteiger partial charge in [0.15, 0.2) is 11.5 Å². The van der Waals surface area contributed by atoms with Crippen molar-refractivity contribution in [3.05, 3.63) is 74.2 Å². The van der Waals surface area contributed by atoms with Crippen molar-refractivity contribution < 1.29 is 19.1 Å². The molecule has 5 nitrogen and oxygen atoms in total. The van der Waals surface area contributed by atoms with Gasteiger partial charge in [-0.05, 0) is 81.4 Å². The second-order valence-electron chi connectivity index (χ2n) is 7.16. The monoisotopic (exact) mass is 569 g/mol. The van der Waals surface area contributed by atoms with Gasteiger partial charge in [0.2, 0.25) is 0 Å². The summed E-state index contributed by atoms with van der Waals surface area (Å²) in [5.74, 6) is 3.25. The van der Waals surface area contributed by atoms with Crippen LogP contribution in [0.5, 0.6) is 11.5 Å². The van der Waals surface area contributed by atoms with Crippen molar-refractivity contribution in [1.82, 2.24) is 4.90 Å². The first-order valence-corrected chi connectivity index (χ1v) is 12.2. The standard InChI is InChI=1S/C26H20INO4S/c1-3-12-32-24-21(27)13-17(14-22(24)31-4-2)15-23-25(29)28(26(30)33-23)16-19-10-7-9-18-8-5-6-11-20(18)19/h1,5-11,13-15H,4,12,16H2,2H3/b23-15+. The van der Waals surface area contributed by atoms with Gasteiger partial charge < -0.3 is 9.47 Å². The molecule has 0 saturated carbocycles. The zero-order valence-corrected chi connectivity index (χ0v) is 20.8. The van der Waals surface area contributed by atoms with E-state index >= 15 is 0 Å². The molecule has 3 aromatic rings. The van der Waals surface area contributed by atoms with Crippen LogP contribution in [0.15, 0.2) is 59.5 Å². The van der Waals surface area contributed by atoms with Crippen molar-refractivity contribution in [1.29, 1.82) is 0 Å². The van der Waals surface area contributed by atoms with E-state index in [1.165, 1.54) is 4.90 Å². The molecular formula is C26H20INO4S. The van der Waals surface area contributed by atoms with E-state index in [-0.39, 0.29) is 24.3 Å². The maximum absolute atomic E-state index is 13.1. The Labute approximate surface area is 210 Å². The third-order valence-corrected chi connectivity index (χ3v) is 6.72. The third-order valence-electron chi connectivity index (χ3n) is 5.01. The van der Waals surface area contributed by atoms with E-state index in [0.29, 0.717) is 23.0 Å². The first-order chi connectivity index (χ1) is 16.0. The van der Waals surface area contributed by atoms with E-state index in [9.17, 15) is 9.59 Å². The number of fused-ring (bicyclic) bond motifs is 1. The van der Waals surface area contributed by atoms with Gasteiger partial charge in [0, 0.05) is 0 Å². The predicted octanol–water partition coefficient (Wildman–Crippen LogP) is 6.09. The molecule has 0 bridgehead atoms. The molecule has 0 radical (unpaired) electrons. The van der Waals surface area contributed by atoms with E-state index < -0.39 is 0 Å². The largest absolute Gasteiger partial charge is 0.490 e. The number of carbonyl (C=O) groups is 2. The van der Waals surface area contributed by atoms with Crippen LogP contribution in [-0.4, -0.2) is 29.3 Å². The fourth-order valence-electron chi connectivity index (χ4n) is 3.58. The summed E-state index contributed by atoms with van der Waals surface area (Å²) in [6.45, 7) is 2.68. The Morgan fingerprint density at radius 2 is 1.91 bits per heavy atom. The smallest absolute Gasteiger partial charge is 0.293 e. The van der Waals surface area contributed by atoms with Crippen LogP contribution < -0.4 is 9.47 Å². The van der Waals surface area contributed by atoms with Gasteiger partial charge >= 0.3 is 0 Å². The van der Waals surface area contributed by atoms with Crippen molar-refractivity contribution in [3.63, 3.8) is 0 Å². The SMILES string of the molecule is C#CCOc1c(I)cc(/C=C2/SC(=O)N(Cc3cccc4ccccc34)C2=O)cc1OCC. The number of rotatable bonds is 7. The minimum Gasteiger partial charge on any atom is -0.490 e. The summed E-state index contributed by atoms with van der Waals surface area (Å²) in [7, 11) is 0. The lowest BCUT2D eigenvalue weighted by Gasteiger charge is -2.14. The lowest BCUT2D eigenvalue weighted by atomic mass is 10.0. The number of imide groups is 1. The molecule has 0 aromatic heterocycles. The average molecular weight is 569 g/mol. The Hall–Kier alpha value is -2.96. The number of hydrogen-bond donors (Lipinski definition) is 0. The van der Waals surface area contributed by atoms with Crippen LogP contribution in [0.3, 0.4) is 0 Å². The fraction of sp³-hybridized carbons (Fsp3) is 0.154. The number of hydrogen-bond acceptors (Lipinski definition) is 5. The fourth-order valence-corrected chi connectivity index (χ4v) is 5.20. The van der Waals surface area contributed by atoms with Crippen molar-refractivity contribution in [2.45, 2.75) is 13.5 Å². The molecule has 1 aliphatic rings. The van der Waals surface area contributed by atoms with Gasteiger partial charge in [-0.15, -0.1) is 6.42 Å². The van der Waals surface area contributed by atoms with E-state index in [4.69, 9.17) is 15.9 Å². The maximum atomic E-state index is 13.1. The summed E-state index contributed by atoms with van der Waals surface area (Å²) in [6.07, 6.45) is 7.02. The lowest BCUT2D eigenvalue weighted by Crippen LogP contribution is -2.27. The molecule has 166 valence electrons. The Kier molecular flexibility index (Phi) is 7.26. The van der Waals surface area contributed by atoms with E-state index in [1.807, 2.05) is 55.5 Å². The second kappa shape index (κ2) is 10.3. The first-order valence-electron chi connectivity index (χ1n) is 10.3. The van der Waals surface area contributed by atoms with Crippen LogP contribution in [0.25, 0.3) is 16.8 Å². The summed E-state index contributed by atoms with van der Waals surface area (Å²) in [4.78, 5) is 27.5. The number of nitrogens with zero attached hydrogens (tertiary/aromatic N) is 1. The number of benzene rings is 3. The molecule has 1 heterocycles. The van der Waals surface area contributed by atoms with Crippen molar-refractivity contribution in [2.75, 3.05) is 13.2 Å². The van der Waals surface area contributed by atoms with Crippen molar-refractivity contribution in [2.24, 2.45) is 0 Å². The van der Waals surface area contributed by atoms with Gasteiger partial charge in [-0.2, -0.15) is 0 Å². The van der Waals surface area contributed by atoms with Crippen LogP contribution in [0.2, 0.25) is 0 Å². The Bertz CT molecular complexity index is 1310. The van der Waals surface area contributed by atoms with Gasteiger partial charge in [0.25, 0.3) is 11.1 Å². The molecule has 0 spiro atoms. The summed E-state index contributed by atoms with van der Waals surface area (Å²) in [6, 6.07) is 17.5. The minimum atomic E-state index is -0.307. The Morgan fingerprint density at radius 3 is 2.70 bits per heavy atom. The molecule has 7 heteroatoms. The highest BCUT2D eigenvalue weighted by molar-refractivity contribution is 14.1. The predicted molar refractivity (Wildman–Crippen MR) is 140 cm³/mol. The van der Waals surface area contributed by atoms with Gasteiger partial charge in [-0.1, -0.05) is 48.4 Å². The van der Waals surface area contributed by atoms with Crippen LogP contribution in [0.4, 0.5) is 4.79 Å². The maximum Gasteiger partial charge on any atom is 0.293 e.